The standard InChI is InChI=1S/C16H17ClN4O5S/c1-10(18-11-4-3-5-12(8-11)20-27(2,25)26)16(22)19-15-7-6-13(21(23)24)9-14(15)17/h3-10,18,20H,1-2H3,(H,19,22)/t10-/m1/s1. The third-order valence-electron chi connectivity index (χ3n) is 3.36. The molecule has 1 amide bonds. The first-order valence-electron chi connectivity index (χ1n) is 7.64. The number of carbonyl (C=O) groups is 1. The van der Waals surface area contributed by atoms with Crippen LogP contribution in [-0.4, -0.2) is 31.5 Å². The number of hydrogen-bond acceptors (Lipinski definition) is 6. The summed E-state index contributed by atoms with van der Waals surface area (Å²) in [6.07, 6.45) is 1.04. The number of benzene rings is 2. The van der Waals surface area contributed by atoms with Gasteiger partial charge in [-0.3, -0.25) is 19.6 Å². The van der Waals surface area contributed by atoms with Crippen molar-refractivity contribution in [3.63, 3.8) is 0 Å². The van der Waals surface area contributed by atoms with Crippen molar-refractivity contribution in [2.75, 3.05) is 21.6 Å². The zero-order valence-corrected chi connectivity index (χ0v) is 16.0. The van der Waals surface area contributed by atoms with Crippen molar-refractivity contribution in [2.45, 2.75) is 13.0 Å². The number of nitrogens with one attached hydrogen (secondary N) is 3. The van der Waals surface area contributed by atoms with Crippen LogP contribution in [0.4, 0.5) is 22.7 Å². The molecular weight excluding hydrogens is 396 g/mol. The second-order valence-electron chi connectivity index (χ2n) is 5.73. The first kappa shape index (κ1) is 20.5. The van der Waals surface area contributed by atoms with E-state index in [1.165, 1.54) is 12.1 Å². The Morgan fingerprint density at radius 2 is 1.85 bits per heavy atom. The fourth-order valence-electron chi connectivity index (χ4n) is 2.16. The summed E-state index contributed by atoms with van der Waals surface area (Å²) >= 11 is 5.96. The third-order valence-corrected chi connectivity index (χ3v) is 4.28. The molecule has 0 aliphatic rings. The van der Waals surface area contributed by atoms with Crippen LogP contribution in [0.15, 0.2) is 42.5 Å². The summed E-state index contributed by atoms with van der Waals surface area (Å²) in [6, 6.07) is 9.47. The van der Waals surface area contributed by atoms with Gasteiger partial charge < -0.3 is 10.6 Å². The highest BCUT2D eigenvalue weighted by Gasteiger charge is 2.16. The summed E-state index contributed by atoms with van der Waals surface area (Å²) in [5.41, 5.74) is 0.947. The highest BCUT2D eigenvalue weighted by atomic mass is 35.5. The number of nitro benzene ring substituents is 1. The quantitative estimate of drug-likeness (QED) is 0.473. The fraction of sp³-hybridized carbons (Fsp3) is 0.188. The Hall–Kier alpha value is -2.85. The number of sulfonamides is 1. The minimum Gasteiger partial charge on any atom is -0.374 e. The molecule has 0 unspecified atom stereocenters. The van der Waals surface area contributed by atoms with Gasteiger partial charge in [-0.05, 0) is 31.2 Å². The van der Waals surface area contributed by atoms with Gasteiger partial charge in [0, 0.05) is 17.8 Å². The molecule has 0 aromatic heterocycles. The first-order valence-corrected chi connectivity index (χ1v) is 9.91. The number of hydrogen-bond donors (Lipinski definition) is 3. The molecule has 2 rings (SSSR count). The summed E-state index contributed by atoms with van der Waals surface area (Å²) in [7, 11) is -3.41. The lowest BCUT2D eigenvalue weighted by Crippen LogP contribution is -2.32. The predicted octanol–water partition coefficient (Wildman–Crippen LogP) is 3.06. The second kappa shape index (κ2) is 8.23. The molecule has 2 aromatic carbocycles. The van der Waals surface area contributed by atoms with E-state index in [0.717, 1.165) is 12.3 Å². The Bertz CT molecular complexity index is 981. The smallest absolute Gasteiger partial charge is 0.271 e. The van der Waals surface area contributed by atoms with E-state index >= 15 is 0 Å². The number of nitro groups is 1. The van der Waals surface area contributed by atoms with Crippen LogP contribution >= 0.6 is 11.6 Å². The minimum atomic E-state index is -3.41. The molecule has 0 heterocycles. The molecule has 0 bridgehead atoms. The van der Waals surface area contributed by atoms with Gasteiger partial charge in [0.1, 0.15) is 6.04 Å². The molecule has 144 valence electrons. The van der Waals surface area contributed by atoms with Gasteiger partial charge >= 0.3 is 0 Å². The maximum Gasteiger partial charge on any atom is 0.271 e. The van der Waals surface area contributed by atoms with Gasteiger partial charge in [0.15, 0.2) is 0 Å². The number of non-ortho nitro benzene ring substituents is 1. The lowest BCUT2D eigenvalue weighted by molar-refractivity contribution is -0.384. The van der Waals surface area contributed by atoms with E-state index in [2.05, 4.69) is 15.4 Å². The fourth-order valence-corrected chi connectivity index (χ4v) is 2.94. The van der Waals surface area contributed by atoms with Crippen LogP contribution < -0.4 is 15.4 Å². The molecule has 0 aliphatic carbocycles. The van der Waals surface area contributed by atoms with Crippen molar-refractivity contribution in [3.05, 3.63) is 57.6 Å². The summed E-state index contributed by atoms with van der Waals surface area (Å²) < 4.78 is 24.9. The van der Waals surface area contributed by atoms with E-state index in [-0.39, 0.29) is 16.4 Å². The Morgan fingerprint density at radius 3 is 2.44 bits per heavy atom. The Morgan fingerprint density at radius 1 is 1.19 bits per heavy atom. The van der Waals surface area contributed by atoms with Crippen LogP contribution in [-0.2, 0) is 14.8 Å². The zero-order chi connectivity index (χ0) is 20.2. The van der Waals surface area contributed by atoms with E-state index in [1.807, 2.05) is 0 Å². The molecule has 0 radical (unpaired) electrons. The number of carbonyl (C=O) groups excluding carboxylic acids is 1. The minimum absolute atomic E-state index is 0.0455. The Labute approximate surface area is 160 Å². The summed E-state index contributed by atoms with van der Waals surface area (Å²) in [5.74, 6) is -0.424. The number of rotatable bonds is 7. The van der Waals surface area contributed by atoms with Crippen LogP contribution in [0.3, 0.4) is 0 Å². The maximum atomic E-state index is 12.3. The van der Waals surface area contributed by atoms with Crippen LogP contribution in [0, 0.1) is 10.1 Å². The van der Waals surface area contributed by atoms with Crippen LogP contribution in [0.1, 0.15) is 6.92 Å². The highest BCUT2D eigenvalue weighted by Crippen LogP contribution is 2.27. The maximum absolute atomic E-state index is 12.3. The van der Waals surface area contributed by atoms with Crippen molar-refractivity contribution >= 4 is 50.3 Å². The predicted molar refractivity (Wildman–Crippen MR) is 105 cm³/mol. The largest absolute Gasteiger partial charge is 0.374 e. The average Bonchev–Trinajstić information content (AvgIpc) is 2.55. The van der Waals surface area contributed by atoms with Gasteiger partial charge in [0.25, 0.3) is 5.69 Å². The van der Waals surface area contributed by atoms with Gasteiger partial charge in [0.05, 0.1) is 27.6 Å². The number of anilines is 3. The van der Waals surface area contributed by atoms with Crippen LogP contribution in [0.2, 0.25) is 5.02 Å². The Balaban J connectivity index is 2.06. The lowest BCUT2D eigenvalue weighted by atomic mass is 10.2. The van der Waals surface area contributed by atoms with E-state index in [4.69, 9.17) is 11.6 Å². The number of nitrogens with zero attached hydrogens (tertiary/aromatic N) is 1. The van der Waals surface area contributed by atoms with E-state index in [1.54, 1.807) is 31.2 Å². The molecule has 0 spiro atoms. The zero-order valence-electron chi connectivity index (χ0n) is 14.4. The van der Waals surface area contributed by atoms with Crippen molar-refractivity contribution in [3.8, 4) is 0 Å². The van der Waals surface area contributed by atoms with Gasteiger partial charge in [-0.2, -0.15) is 0 Å². The topological polar surface area (TPSA) is 130 Å². The van der Waals surface area contributed by atoms with Crippen molar-refractivity contribution in [1.29, 1.82) is 0 Å². The monoisotopic (exact) mass is 412 g/mol. The SMILES string of the molecule is C[C@@H](Nc1cccc(NS(C)(=O)=O)c1)C(=O)Nc1ccc([N+](=O)[O-])cc1Cl. The van der Waals surface area contributed by atoms with Gasteiger partial charge in [-0.15, -0.1) is 0 Å². The molecule has 1 atom stereocenters. The molecule has 2 aromatic rings. The Kier molecular flexibility index (Phi) is 6.24. The molecule has 11 heteroatoms. The van der Waals surface area contributed by atoms with E-state index in [9.17, 15) is 23.3 Å². The molecule has 3 N–H and O–H groups in total. The van der Waals surface area contributed by atoms with Crippen molar-refractivity contribution < 1.29 is 18.1 Å². The summed E-state index contributed by atoms with van der Waals surface area (Å²) in [5, 5.41) is 16.3. The van der Waals surface area contributed by atoms with E-state index in [0.29, 0.717) is 11.4 Å². The van der Waals surface area contributed by atoms with Gasteiger partial charge in [-0.25, -0.2) is 8.42 Å². The third kappa shape index (κ3) is 6.12. The summed E-state index contributed by atoms with van der Waals surface area (Å²) in [6.45, 7) is 1.60. The van der Waals surface area contributed by atoms with Gasteiger partial charge in [0.2, 0.25) is 15.9 Å². The van der Waals surface area contributed by atoms with Gasteiger partial charge in [-0.1, -0.05) is 17.7 Å². The van der Waals surface area contributed by atoms with Crippen molar-refractivity contribution in [2.24, 2.45) is 0 Å². The highest BCUT2D eigenvalue weighted by molar-refractivity contribution is 7.92. The number of halogens is 1. The average molecular weight is 413 g/mol. The lowest BCUT2D eigenvalue weighted by Gasteiger charge is -2.16. The number of amides is 1. The molecule has 9 nitrogen and oxygen atoms in total. The summed E-state index contributed by atoms with van der Waals surface area (Å²) in [4.78, 5) is 22.5. The van der Waals surface area contributed by atoms with E-state index < -0.39 is 26.9 Å². The molecule has 0 fully saturated rings. The molecular formula is C16H17ClN4O5S. The van der Waals surface area contributed by atoms with Crippen LogP contribution in [0.5, 0.6) is 0 Å². The first-order chi connectivity index (χ1) is 12.5. The van der Waals surface area contributed by atoms with Crippen molar-refractivity contribution in [1.82, 2.24) is 0 Å². The normalized spacial score (nSPS) is 12.1. The molecule has 27 heavy (non-hydrogen) atoms. The molecule has 0 aliphatic heterocycles. The van der Waals surface area contributed by atoms with Crippen LogP contribution in [0.25, 0.3) is 0 Å². The molecule has 0 saturated heterocycles. The second-order valence-corrected chi connectivity index (χ2v) is 7.89. The molecule has 0 saturated carbocycles.